The van der Waals surface area contributed by atoms with E-state index in [0.717, 1.165) is 23.5 Å². The number of carbonyl (C=O) groups excluding carboxylic acids is 1. The van der Waals surface area contributed by atoms with Gasteiger partial charge in [-0.1, -0.05) is 31.0 Å². The Hall–Kier alpha value is -1.88. The van der Waals surface area contributed by atoms with Gasteiger partial charge in [-0.3, -0.25) is 0 Å². The highest BCUT2D eigenvalue weighted by Crippen LogP contribution is 2.26. The number of thiazole rings is 1. The van der Waals surface area contributed by atoms with Crippen LogP contribution in [-0.2, 0) is 6.54 Å². The molecule has 3 rings (SSSR count). The Labute approximate surface area is 128 Å². The van der Waals surface area contributed by atoms with Gasteiger partial charge in [0, 0.05) is 23.3 Å². The predicted octanol–water partition coefficient (Wildman–Crippen LogP) is 4.12. The summed E-state index contributed by atoms with van der Waals surface area (Å²) < 4.78 is 0. The highest BCUT2D eigenvalue weighted by atomic mass is 32.1. The summed E-state index contributed by atoms with van der Waals surface area (Å²) in [5.74, 6) is 0. The molecule has 0 bridgehead atoms. The Morgan fingerprint density at radius 3 is 2.71 bits per heavy atom. The summed E-state index contributed by atoms with van der Waals surface area (Å²) in [7, 11) is 0. The van der Waals surface area contributed by atoms with Gasteiger partial charge in [-0.2, -0.15) is 0 Å². The fourth-order valence-corrected chi connectivity index (χ4v) is 3.39. The molecular weight excluding hydrogens is 282 g/mol. The Morgan fingerprint density at radius 2 is 2.05 bits per heavy atom. The first kappa shape index (κ1) is 14.1. The molecule has 0 aliphatic heterocycles. The SMILES string of the molecule is O=C(Nc1ccccc1)N(Cc1nccs1)C1CCCC1. The maximum absolute atomic E-state index is 12.6. The number of para-hydroxylation sites is 1. The van der Waals surface area contributed by atoms with E-state index in [1.165, 1.54) is 12.8 Å². The van der Waals surface area contributed by atoms with Gasteiger partial charge in [0.05, 0.1) is 6.54 Å². The number of hydrogen-bond donors (Lipinski definition) is 1. The molecule has 1 saturated carbocycles. The third-order valence-corrected chi connectivity index (χ3v) is 4.60. The number of rotatable bonds is 4. The number of urea groups is 1. The van der Waals surface area contributed by atoms with Crippen molar-refractivity contribution < 1.29 is 4.79 Å². The molecular formula is C16H19N3OS. The maximum Gasteiger partial charge on any atom is 0.322 e. The van der Waals surface area contributed by atoms with E-state index in [-0.39, 0.29) is 6.03 Å². The molecule has 1 aromatic carbocycles. The van der Waals surface area contributed by atoms with Gasteiger partial charge >= 0.3 is 6.03 Å². The summed E-state index contributed by atoms with van der Waals surface area (Å²) in [6.45, 7) is 0.598. The van der Waals surface area contributed by atoms with E-state index in [1.807, 2.05) is 40.6 Å². The fourth-order valence-electron chi connectivity index (χ4n) is 2.78. The lowest BCUT2D eigenvalue weighted by Crippen LogP contribution is -2.41. The van der Waals surface area contributed by atoms with E-state index >= 15 is 0 Å². The van der Waals surface area contributed by atoms with E-state index in [2.05, 4.69) is 10.3 Å². The largest absolute Gasteiger partial charge is 0.322 e. The number of nitrogens with one attached hydrogen (secondary N) is 1. The van der Waals surface area contributed by atoms with Crippen molar-refractivity contribution in [2.75, 3.05) is 5.32 Å². The summed E-state index contributed by atoms with van der Waals surface area (Å²) in [4.78, 5) is 18.9. The van der Waals surface area contributed by atoms with Crippen molar-refractivity contribution in [3.8, 4) is 0 Å². The molecule has 0 saturated heterocycles. The first-order chi connectivity index (χ1) is 10.3. The Morgan fingerprint density at radius 1 is 1.29 bits per heavy atom. The summed E-state index contributed by atoms with van der Waals surface area (Å²) in [6, 6.07) is 9.93. The van der Waals surface area contributed by atoms with E-state index in [0.29, 0.717) is 12.6 Å². The van der Waals surface area contributed by atoms with Crippen molar-refractivity contribution in [2.24, 2.45) is 0 Å². The normalized spacial score (nSPS) is 15.0. The van der Waals surface area contributed by atoms with Crippen LogP contribution in [0.3, 0.4) is 0 Å². The van der Waals surface area contributed by atoms with Crippen LogP contribution < -0.4 is 5.32 Å². The molecule has 0 atom stereocenters. The third kappa shape index (κ3) is 3.61. The van der Waals surface area contributed by atoms with Crippen molar-refractivity contribution in [3.63, 3.8) is 0 Å². The van der Waals surface area contributed by atoms with Gasteiger partial charge < -0.3 is 10.2 Å². The van der Waals surface area contributed by atoms with E-state index in [1.54, 1.807) is 17.5 Å². The molecule has 1 heterocycles. The number of hydrogen-bond acceptors (Lipinski definition) is 3. The zero-order chi connectivity index (χ0) is 14.5. The van der Waals surface area contributed by atoms with Crippen molar-refractivity contribution >= 4 is 23.1 Å². The molecule has 1 aliphatic rings. The lowest BCUT2D eigenvalue weighted by Gasteiger charge is -2.28. The second-order valence-corrected chi connectivity index (χ2v) is 6.27. The molecule has 0 unspecified atom stereocenters. The van der Waals surface area contributed by atoms with Gasteiger partial charge in [-0.15, -0.1) is 11.3 Å². The second-order valence-electron chi connectivity index (χ2n) is 5.29. The average Bonchev–Trinajstić information content (AvgIpc) is 3.19. The minimum Gasteiger partial charge on any atom is -0.315 e. The molecule has 21 heavy (non-hydrogen) atoms. The van der Waals surface area contributed by atoms with Crippen molar-refractivity contribution in [1.29, 1.82) is 0 Å². The summed E-state index contributed by atoms with van der Waals surface area (Å²) in [6.07, 6.45) is 6.39. The Bertz CT molecular complexity index is 564. The minimum atomic E-state index is -0.0247. The van der Waals surface area contributed by atoms with E-state index < -0.39 is 0 Å². The number of carbonyl (C=O) groups is 1. The molecule has 2 aromatic rings. The molecule has 1 aromatic heterocycles. The van der Waals surface area contributed by atoms with Crippen LogP contribution in [0.2, 0.25) is 0 Å². The van der Waals surface area contributed by atoms with Crippen molar-refractivity contribution in [1.82, 2.24) is 9.88 Å². The van der Waals surface area contributed by atoms with Gasteiger partial charge in [-0.25, -0.2) is 9.78 Å². The van der Waals surface area contributed by atoms with Crippen LogP contribution in [0, 0.1) is 0 Å². The standard InChI is InChI=1S/C16H19N3OS/c20-16(18-13-6-2-1-3-7-13)19(14-8-4-5-9-14)12-15-17-10-11-21-15/h1-3,6-7,10-11,14H,4-5,8-9,12H2,(H,18,20). The molecule has 2 amide bonds. The maximum atomic E-state index is 12.6. The topological polar surface area (TPSA) is 45.2 Å². The highest BCUT2D eigenvalue weighted by Gasteiger charge is 2.27. The van der Waals surface area contributed by atoms with Crippen LogP contribution in [0.5, 0.6) is 0 Å². The lowest BCUT2D eigenvalue weighted by molar-refractivity contribution is 0.184. The van der Waals surface area contributed by atoms with Crippen LogP contribution in [-0.4, -0.2) is 22.0 Å². The first-order valence-corrected chi connectivity index (χ1v) is 8.22. The zero-order valence-electron chi connectivity index (χ0n) is 11.9. The van der Waals surface area contributed by atoms with Gasteiger partial charge in [0.15, 0.2) is 0 Å². The van der Waals surface area contributed by atoms with Crippen molar-refractivity contribution in [3.05, 3.63) is 46.9 Å². The second kappa shape index (κ2) is 6.72. The Balaban J connectivity index is 1.72. The fraction of sp³-hybridized carbons (Fsp3) is 0.375. The van der Waals surface area contributed by atoms with Crippen LogP contribution in [0.4, 0.5) is 10.5 Å². The zero-order valence-corrected chi connectivity index (χ0v) is 12.7. The Kier molecular flexibility index (Phi) is 4.50. The molecule has 1 fully saturated rings. The minimum absolute atomic E-state index is 0.0247. The van der Waals surface area contributed by atoms with Crippen molar-refractivity contribution in [2.45, 2.75) is 38.3 Å². The highest BCUT2D eigenvalue weighted by molar-refractivity contribution is 7.09. The van der Waals surface area contributed by atoms with Crippen LogP contribution in [0.25, 0.3) is 0 Å². The number of anilines is 1. The van der Waals surface area contributed by atoms with Gasteiger partial charge in [0.2, 0.25) is 0 Å². The quantitative estimate of drug-likeness (QED) is 0.923. The van der Waals surface area contributed by atoms with Crippen LogP contribution in [0.1, 0.15) is 30.7 Å². The van der Waals surface area contributed by atoms with E-state index in [9.17, 15) is 4.79 Å². The lowest BCUT2D eigenvalue weighted by atomic mass is 10.2. The van der Waals surface area contributed by atoms with Gasteiger partial charge in [-0.05, 0) is 25.0 Å². The number of benzene rings is 1. The first-order valence-electron chi connectivity index (χ1n) is 7.34. The molecule has 1 N–H and O–H groups in total. The van der Waals surface area contributed by atoms with E-state index in [4.69, 9.17) is 0 Å². The average molecular weight is 301 g/mol. The molecule has 1 aliphatic carbocycles. The summed E-state index contributed by atoms with van der Waals surface area (Å²) in [5, 5.41) is 5.94. The molecule has 0 radical (unpaired) electrons. The summed E-state index contributed by atoms with van der Waals surface area (Å²) in [5.41, 5.74) is 0.838. The molecule has 0 spiro atoms. The van der Waals surface area contributed by atoms with Gasteiger partial charge in [0.25, 0.3) is 0 Å². The number of aromatic nitrogens is 1. The molecule has 110 valence electrons. The number of amides is 2. The van der Waals surface area contributed by atoms with Crippen LogP contribution >= 0.6 is 11.3 Å². The summed E-state index contributed by atoms with van der Waals surface area (Å²) >= 11 is 1.60. The predicted molar refractivity (Wildman–Crippen MR) is 85.4 cm³/mol. The van der Waals surface area contributed by atoms with Gasteiger partial charge in [0.1, 0.15) is 5.01 Å². The molecule has 5 heteroatoms. The monoisotopic (exact) mass is 301 g/mol. The third-order valence-electron chi connectivity index (χ3n) is 3.84. The number of nitrogens with zero attached hydrogens (tertiary/aromatic N) is 2. The van der Waals surface area contributed by atoms with Crippen LogP contribution in [0.15, 0.2) is 41.9 Å². The molecule has 4 nitrogen and oxygen atoms in total. The smallest absolute Gasteiger partial charge is 0.315 e.